The summed E-state index contributed by atoms with van der Waals surface area (Å²) in [5, 5.41) is 0. The predicted octanol–water partition coefficient (Wildman–Crippen LogP) is 3.21. The zero-order valence-corrected chi connectivity index (χ0v) is 11.7. The second-order valence-electron chi connectivity index (χ2n) is 5.59. The molecule has 1 fully saturated rings. The molecule has 1 aliphatic carbocycles. The fraction of sp³-hybridized carbons (Fsp3) is 0.667. The molecule has 0 aliphatic heterocycles. The third-order valence-corrected chi connectivity index (χ3v) is 4.20. The minimum Gasteiger partial charge on any atom is -0.373 e. The van der Waals surface area contributed by atoms with E-state index in [1.165, 1.54) is 12.3 Å². The molecule has 1 aromatic rings. The molecule has 0 amide bonds. The standard InChI is InChI=1S/C15H23FN2O/c1-3-19-15(6-4-11(2)5-7-15)14(17)12-8-13(16)10-18-9-12/h8-11,14H,3-7,17H2,1-2H3. The molecule has 0 aromatic carbocycles. The maximum atomic E-state index is 13.3. The fourth-order valence-electron chi connectivity index (χ4n) is 2.99. The fourth-order valence-corrected chi connectivity index (χ4v) is 2.99. The smallest absolute Gasteiger partial charge is 0.141 e. The van der Waals surface area contributed by atoms with Crippen molar-refractivity contribution in [3.05, 3.63) is 29.8 Å². The summed E-state index contributed by atoms with van der Waals surface area (Å²) in [6.07, 6.45) is 6.92. The van der Waals surface area contributed by atoms with Crippen LogP contribution in [0.25, 0.3) is 0 Å². The number of rotatable bonds is 4. The van der Waals surface area contributed by atoms with Crippen molar-refractivity contribution in [2.24, 2.45) is 11.7 Å². The van der Waals surface area contributed by atoms with Gasteiger partial charge >= 0.3 is 0 Å². The van der Waals surface area contributed by atoms with Gasteiger partial charge in [0.15, 0.2) is 0 Å². The van der Waals surface area contributed by atoms with Crippen LogP contribution in [0.1, 0.15) is 51.1 Å². The van der Waals surface area contributed by atoms with Crippen molar-refractivity contribution < 1.29 is 9.13 Å². The SMILES string of the molecule is CCOC1(C(N)c2cncc(F)c2)CCC(C)CC1. The Morgan fingerprint density at radius 3 is 2.74 bits per heavy atom. The molecular weight excluding hydrogens is 243 g/mol. The average molecular weight is 266 g/mol. The van der Waals surface area contributed by atoms with Gasteiger partial charge in [0.1, 0.15) is 5.82 Å². The lowest BCUT2D eigenvalue weighted by molar-refractivity contribution is -0.0897. The number of nitrogens with zero attached hydrogens (tertiary/aromatic N) is 1. The van der Waals surface area contributed by atoms with E-state index in [2.05, 4.69) is 11.9 Å². The summed E-state index contributed by atoms with van der Waals surface area (Å²) >= 11 is 0. The first-order valence-corrected chi connectivity index (χ1v) is 7.07. The minimum atomic E-state index is -0.364. The normalized spacial score (nSPS) is 29.2. The number of ether oxygens (including phenoxy) is 1. The molecule has 1 unspecified atom stereocenters. The molecule has 1 heterocycles. The second-order valence-corrected chi connectivity index (χ2v) is 5.59. The Labute approximate surface area is 114 Å². The predicted molar refractivity (Wildman–Crippen MR) is 73.1 cm³/mol. The molecule has 106 valence electrons. The third kappa shape index (κ3) is 3.12. The maximum absolute atomic E-state index is 13.3. The van der Waals surface area contributed by atoms with Crippen molar-refractivity contribution in [2.45, 2.75) is 51.2 Å². The van der Waals surface area contributed by atoms with E-state index in [-0.39, 0.29) is 17.5 Å². The van der Waals surface area contributed by atoms with Crippen LogP contribution in [0.3, 0.4) is 0 Å². The molecule has 1 atom stereocenters. The Hall–Kier alpha value is -1.00. The van der Waals surface area contributed by atoms with Gasteiger partial charge in [-0.05, 0) is 50.2 Å². The van der Waals surface area contributed by atoms with Crippen LogP contribution in [0.15, 0.2) is 18.5 Å². The molecule has 0 radical (unpaired) electrons. The molecule has 1 aromatic heterocycles. The lowest BCUT2D eigenvalue weighted by Gasteiger charge is -2.43. The average Bonchev–Trinajstić information content (AvgIpc) is 2.41. The number of nitrogens with two attached hydrogens (primary N) is 1. The lowest BCUT2D eigenvalue weighted by Crippen LogP contribution is -2.46. The molecule has 1 aliphatic rings. The van der Waals surface area contributed by atoms with Crippen molar-refractivity contribution in [3.63, 3.8) is 0 Å². The van der Waals surface area contributed by atoms with E-state index in [0.29, 0.717) is 12.5 Å². The van der Waals surface area contributed by atoms with Crippen molar-refractivity contribution in [1.29, 1.82) is 0 Å². The molecule has 0 saturated heterocycles. The van der Waals surface area contributed by atoms with Gasteiger partial charge in [-0.25, -0.2) is 4.39 Å². The first kappa shape index (κ1) is 14.4. The summed E-state index contributed by atoms with van der Waals surface area (Å²) in [5.41, 5.74) is 6.73. The van der Waals surface area contributed by atoms with Gasteiger partial charge in [-0.15, -0.1) is 0 Å². The number of hydrogen-bond acceptors (Lipinski definition) is 3. The first-order chi connectivity index (χ1) is 9.07. The molecule has 0 spiro atoms. The quantitative estimate of drug-likeness (QED) is 0.910. The summed E-state index contributed by atoms with van der Waals surface area (Å²) in [5.74, 6) is 0.371. The summed E-state index contributed by atoms with van der Waals surface area (Å²) in [4.78, 5) is 3.90. The molecule has 19 heavy (non-hydrogen) atoms. The molecular formula is C15H23FN2O. The Morgan fingerprint density at radius 1 is 1.47 bits per heavy atom. The van der Waals surface area contributed by atoms with Crippen LogP contribution in [-0.2, 0) is 4.74 Å². The topological polar surface area (TPSA) is 48.1 Å². The van der Waals surface area contributed by atoms with Crippen molar-refractivity contribution >= 4 is 0 Å². The Balaban J connectivity index is 2.23. The highest BCUT2D eigenvalue weighted by molar-refractivity contribution is 5.19. The van der Waals surface area contributed by atoms with Gasteiger partial charge in [0, 0.05) is 12.8 Å². The van der Waals surface area contributed by atoms with Crippen LogP contribution in [0, 0.1) is 11.7 Å². The van der Waals surface area contributed by atoms with Crippen LogP contribution in [0.4, 0.5) is 4.39 Å². The van der Waals surface area contributed by atoms with Crippen LogP contribution in [0.2, 0.25) is 0 Å². The lowest BCUT2D eigenvalue weighted by atomic mass is 9.74. The summed E-state index contributed by atoms with van der Waals surface area (Å²) in [6, 6.07) is 1.15. The number of hydrogen-bond donors (Lipinski definition) is 1. The molecule has 1 saturated carbocycles. The van der Waals surface area contributed by atoms with E-state index in [1.807, 2.05) is 6.92 Å². The van der Waals surface area contributed by atoms with E-state index in [9.17, 15) is 4.39 Å². The zero-order chi connectivity index (χ0) is 13.9. The van der Waals surface area contributed by atoms with E-state index in [1.54, 1.807) is 6.20 Å². The van der Waals surface area contributed by atoms with Gasteiger partial charge in [0.25, 0.3) is 0 Å². The Bertz CT molecular complexity index is 416. The molecule has 2 rings (SSSR count). The minimum absolute atomic E-state index is 0.317. The largest absolute Gasteiger partial charge is 0.373 e. The highest BCUT2D eigenvalue weighted by atomic mass is 19.1. The van der Waals surface area contributed by atoms with Crippen LogP contribution in [-0.4, -0.2) is 17.2 Å². The van der Waals surface area contributed by atoms with Crippen molar-refractivity contribution in [1.82, 2.24) is 4.98 Å². The molecule has 0 bridgehead atoms. The highest BCUT2D eigenvalue weighted by Crippen LogP contribution is 2.42. The van der Waals surface area contributed by atoms with E-state index < -0.39 is 0 Å². The van der Waals surface area contributed by atoms with Gasteiger partial charge in [-0.3, -0.25) is 4.98 Å². The Kier molecular flexibility index (Phi) is 4.53. The van der Waals surface area contributed by atoms with Gasteiger partial charge in [0.2, 0.25) is 0 Å². The Morgan fingerprint density at radius 2 is 2.16 bits per heavy atom. The van der Waals surface area contributed by atoms with Gasteiger partial charge in [-0.1, -0.05) is 6.92 Å². The van der Waals surface area contributed by atoms with E-state index >= 15 is 0 Å². The molecule has 4 heteroatoms. The summed E-state index contributed by atoms with van der Waals surface area (Å²) in [6.45, 7) is 4.87. The zero-order valence-electron chi connectivity index (χ0n) is 11.7. The monoisotopic (exact) mass is 266 g/mol. The van der Waals surface area contributed by atoms with E-state index in [4.69, 9.17) is 10.5 Å². The number of aromatic nitrogens is 1. The van der Waals surface area contributed by atoms with Gasteiger partial charge < -0.3 is 10.5 Å². The number of pyridine rings is 1. The number of halogens is 1. The van der Waals surface area contributed by atoms with Crippen LogP contribution in [0.5, 0.6) is 0 Å². The van der Waals surface area contributed by atoms with Crippen molar-refractivity contribution in [2.75, 3.05) is 6.61 Å². The highest BCUT2D eigenvalue weighted by Gasteiger charge is 2.41. The maximum Gasteiger partial charge on any atom is 0.141 e. The third-order valence-electron chi connectivity index (χ3n) is 4.20. The van der Waals surface area contributed by atoms with Crippen LogP contribution < -0.4 is 5.73 Å². The molecule has 2 N–H and O–H groups in total. The summed E-state index contributed by atoms with van der Waals surface area (Å²) in [7, 11) is 0. The molecule has 3 nitrogen and oxygen atoms in total. The van der Waals surface area contributed by atoms with Gasteiger partial charge in [0.05, 0.1) is 17.8 Å². The summed E-state index contributed by atoms with van der Waals surface area (Å²) < 4.78 is 19.3. The van der Waals surface area contributed by atoms with Crippen molar-refractivity contribution in [3.8, 4) is 0 Å². The van der Waals surface area contributed by atoms with Gasteiger partial charge in [-0.2, -0.15) is 0 Å². The first-order valence-electron chi connectivity index (χ1n) is 7.07. The van der Waals surface area contributed by atoms with Crippen LogP contribution >= 0.6 is 0 Å². The second kappa shape index (κ2) is 5.97. The van der Waals surface area contributed by atoms with E-state index in [0.717, 1.165) is 31.2 Å².